The summed E-state index contributed by atoms with van der Waals surface area (Å²) < 4.78 is 5.39. The van der Waals surface area contributed by atoms with Gasteiger partial charge in [0.25, 0.3) is 5.91 Å². The highest BCUT2D eigenvalue weighted by Crippen LogP contribution is 2.28. The molecule has 1 fully saturated rings. The molecule has 1 rings (SSSR count). The number of carbonyl (C=O) groups excluding carboxylic acids is 1. The molecular formula is C9H15Cl2NO2. The maximum atomic E-state index is 11.6. The fourth-order valence-electron chi connectivity index (χ4n) is 1.73. The molecule has 0 aromatic heterocycles. The molecule has 1 saturated heterocycles. The maximum absolute atomic E-state index is 11.6. The van der Waals surface area contributed by atoms with Gasteiger partial charge >= 0.3 is 0 Å². The number of amides is 1. The summed E-state index contributed by atoms with van der Waals surface area (Å²) in [6, 6.07) is 0. The van der Waals surface area contributed by atoms with Crippen LogP contribution in [0.15, 0.2) is 0 Å². The molecule has 0 bridgehead atoms. The Morgan fingerprint density at radius 1 is 1.57 bits per heavy atom. The van der Waals surface area contributed by atoms with Gasteiger partial charge in [-0.05, 0) is 27.2 Å². The number of rotatable bonds is 1. The Morgan fingerprint density at radius 3 is 2.57 bits per heavy atom. The van der Waals surface area contributed by atoms with Crippen molar-refractivity contribution in [3.05, 3.63) is 0 Å². The van der Waals surface area contributed by atoms with E-state index < -0.39 is 4.84 Å². The third kappa shape index (κ3) is 2.53. The average Bonchev–Trinajstić information content (AvgIpc) is 2.01. The smallest absolute Gasteiger partial charge is 0.258 e. The fraction of sp³-hybridized carbons (Fsp3) is 0.889. The minimum Gasteiger partial charge on any atom is -0.358 e. The van der Waals surface area contributed by atoms with Gasteiger partial charge in [-0.3, -0.25) is 4.79 Å². The van der Waals surface area contributed by atoms with Crippen LogP contribution in [0.1, 0.15) is 27.2 Å². The summed E-state index contributed by atoms with van der Waals surface area (Å²) >= 11 is 11.1. The molecule has 5 heteroatoms. The lowest BCUT2D eigenvalue weighted by Crippen LogP contribution is -2.56. The molecule has 1 heterocycles. The molecule has 1 aliphatic heterocycles. The summed E-state index contributed by atoms with van der Waals surface area (Å²) in [5.41, 5.74) is -0.239. The largest absolute Gasteiger partial charge is 0.358 e. The van der Waals surface area contributed by atoms with Crippen molar-refractivity contribution in [3.63, 3.8) is 0 Å². The first kappa shape index (κ1) is 12.1. The molecular weight excluding hydrogens is 225 g/mol. The van der Waals surface area contributed by atoms with Crippen molar-refractivity contribution in [3.8, 4) is 0 Å². The summed E-state index contributed by atoms with van der Waals surface area (Å²) in [5, 5.41) is 0. The van der Waals surface area contributed by atoms with E-state index in [1.807, 2.05) is 20.8 Å². The molecule has 1 amide bonds. The van der Waals surface area contributed by atoms with E-state index in [1.54, 1.807) is 4.90 Å². The first-order valence-electron chi connectivity index (χ1n) is 4.56. The van der Waals surface area contributed by atoms with Gasteiger partial charge in [0.15, 0.2) is 4.84 Å². The van der Waals surface area contributed by atoms with Gasteiger partial charge in [-0.15, -0.1) is 0 Å². The van der Waals surface area contributed by atoms with Crippen LogP contribution in [-0.4, -0.2) is 34.0 Å². The van der Waals surface area contributed by atoms with Crippen molar-refractivity contribution >= 4 is 29.1 Å². The van der Waals surface area contributed by atoms with Crippen LogP contribution < -0.4 is 0 Å². The summed E-state index contributed by atoms with van der Waals surface area (Å²) in [7, 11) is 0. The zero-order chi connectivity index (χ0) is 10.9. The molecule has 0 saturated carbocycles. The van der Waals surface area contributed by atoms with Gasteiger partial charge in [-0.25, -0.2) is 0 Å². The van der Waals surface area contributed by atoms with Gasteiger partial charge < -0.3 is 9.64 Å². The molecule has 0 N–H and O–H groups in total. The zero-order valence-corrected chi connectivity index (χ0v) is 10.1. The minimum absolute atomic E-state index is 0.165. The van der Waals surface area contributed by atoms with Crippen molar-refractivity contribution < 1.29 is 9.53 Å². The zero-order valence-electron chi connectivity index (χ0n) is 8.59. The van der Waals surface area contributed by atoms with E-state index >= 15 is 0 Å². The molecule has 0 radical (unpaired) electrons. The Morgan fingerprint density at radius 2 is 2.14 bits per heavy atom. The molecule has 3 nitrogen and oxygen atoms in total. The lowest BCUT2D eigenvalue weighted by Gasteiger charge is -2.44. The SMILES string of the molecule is CC1CC(C)(C)N(C(=O)C(Cl)Cl)CO1. The number of ether oxygens (including phenoxy) is 1. The van der Waals surface area contributed by atoms with Crippen LogP contribution in [0, 0.1) is 0 Å². The number of carbonyl (C=O) groups is 1. The summed E-state index contributed by atoms with van der Waals surface area (Å²) in [6.45, 7) is 6.23. The van der Waals surface area contributed by atoms with E-state index in [1.165, 1.54) is 0 Å². The van der Waals surface area contributed by atoms with Crippen molar-refractivity contribution in [1.29, 1.82) is 0 Å². The van der Waals surface area contributed by atoms with Crippen molar-refractivity contribution in [2.24, 2.45) is 0 Å². The van der Waals surface area contributed by atoms with Crippen molar-refractivity contribution in [1.82, 2.24) is 4.90 Å². The monoisotopic (exact) mass is 239 g/mol. The second-order valence-corrected chi connectivity index (χ2v) is 5.29. The van der Waals surface area contributed by atoms with E-state index in [0.29, 0.717) is 0 Å². The van der Waals surface area contributed by atoms with Gasteiger partial charge in [0.2, 0.25) is 0 Å². The van der Waals surface area contributed by atoms with E-state index in [4.69, 9.17) is 27.9 Å². The van der Waals surface area contributed by atoms with Gasteiger partial charge in [0.1, 0.15) is 6.73 Å². The van der Waals surface area contributed by atoms with E-state index in [0.717, 1.165) is 6.42 Å². The van der Waals surface area contributed by atoms with Gasteiger partial charge in [0.05, 0.1) is 6.10 Å². The first-order valence-corrected chi connectivity index (χ1v) is 5.43. The Bertz CT molecular complexity index is 231. The van der Waals surface area contributed by atoms with Gasteiger partial charge in [-0.1, -0.05) is 23.2 Å². The van der Waals surface area contributed by atoms with Crippen molar-refractivity contribution in [2.45, 2.75) is 43.7 Å². The van der Waals surface area contributed by atoms with Crippen molar-refractivity contribution in [2.75, 3.05) is 6.73 Å². The molecule has 1 atom stereocenters. The minimum atomic E-state index is -1.01. The number of hydrogen-bond donors (Lipinski definition) is 0. The maximum Gasteiger partial charge on any atom is 0.258 e. The van der Waals surface area contributed by atoms with Crippen LogP contribution in [0.4, 0.5) is 0 Å². The standard InChI is InChI=1S/C9H15Cl2NO2/c1-6-4-9(2,3)12(5-14-6)8(13)7(10)11/h6-7H,4-5H2,1-3H3. The topological polar surface area (TPSA) is 29.5 Å². The number of hydrogen-bond acceptors (Lipinski definition) is 2. The Hall–Kier alpha value is 0.01000. The molecule has 14 heavy (non-hydrogen) atoms. The van der Waals surface area contributed by atoms with Crippen LogP contribution in [0.3, 0.4) is 0 Å². The Balaban J connectivity index is 2.74. The highest BCUT2D eigenvalue weighted by atomic mass is 35.5. The first-order chi connectivity index (χ1) is 6.34. The van der Waals surface area contributed by atoms with Crippen LogP contribution >= 0.6 is 23.2 Å². The quantitative estimate of drug-likeness (QED) is 0.657. The highest BCUT2D eigenvalue weighted by Gasteiger charge is 2.38. The summed E-state index contributed by atoms with van der Waals surface area (Å²) in [5.74, 6) is -0.287. The summed E-state index contributed by atoms with van der Waals surface area (Å²) in [4.78, 5) is 12.2. The molecule has 0 aliphatic carbocycles. The lowest BCUT2D eigenvalue weighted by atomic mass is 9.94. The molecule has 1 aliphatic rings. The average molecular weight is 240 g/mol. The predicted molar refractivity (Wildman–Crippen MR) is 56.5 cm³/mol. The molecule has 0 aromatic carbocycles. The van der Waals surface area contributed by atoms with Crippen LogP contribution in [0.5, 0.6) is 0 Å². The number of alkyl halides is 2. The molecule has 0 spiro atoms. The molecule has 0 aromatic rings. The van der Waals surface area contributed by atoms with E-state index in [-0.39, 0.29) is 24.3 Å². The Labute approximate surface area is 94.3 Å². The highest BCUT2D eigenvalue weighted by molar-refractivity contribution is 6.53. The fourth-order valence-corrected chi connectivity index (χ4v) is 1.96. The van der Waals surface area contributed by atoms with E-state index in [2.05, 4.69) is 0 Å². The molecule has 82 valence electrons. The van der Waals surface area contributed by atoms with Gasteiger partial charge in [-0.2, -0.15) is 0 Å². The van der Waals surface area contributed by atoms with E-state index in [9.17, 15) is 4.79 Å². The number of halogens is 2. The summed E-state index contributed by atoms with van der Waals surface area (Å²) in [6.07, 6.45) is 0.956. The third-order valence-corrected chi connectivity index (χ3v) is 2.83. The van der Waals surface area contributed by atoms with Crippen LogP contribution in [-0.2, 0) is 9.53 Å². The normalized spacial score (nSPS) is 26.7. The van der Waals surface area contributed by atoms with Crippen LogP contribution in [0.25, 0.3) is 0 Å². The number of nitrogens with zero attached hydrogens (tertiary/aromatic N) is 1. The van der Waals surface area contributed by atoms with Crippen LogP contribution in [0.2, 0.25) is 0 Å². The second-order valence-electron chi connectivity index (χ2n) is 4.19. The Kier molecular flexibility index (Phi) is 3.67. The predicted octanol–water partition coefficient (Wildman–Crippen LogP) is 2.16. The second kappa shape index (κ2) is 4.25. The third-order valence-electron chi connectivity index (χ3n) is 2.46. The van der Waals surface area contributed by atoms with Gasteiger partial charge in [0, 0.05) is 5.54 Å². The molecule has 1 unspecified atom stereocenters. The lowest BCUT2D eigenvalue weighted by molar-refractivity contribution is -0.160.